The maximum atomic E-state index is 12.8. The number of aromatic carboxylic acids is 1. The summed E-state index contributed by atoms with van der Waals surface area (Å²) < 4.78 is 6.68. The Hall–Kier alpha value is -2.82. The number of hydrogen-bond donors (Lipinski definition) is 1. The molecule has 1 aliphatic rings. The molecule has 9 heteroatoms. The van der Waals surface area contributed by atoms with Gasteiger partial charge in [0.05, 0.1) is 19.7 Å². The molecule has 6 nitrogen and oxygen atoms in total. The second kappa shape index (κ2) is 9.98. The summed E-state index contributed by atoms with van der Waals surface area (Å²) in [6.07, 6.45) is 1.67. The third-order valence-electron chi connectivity index (χ3n) is 4.71. The van der Waals surface area contributed by atoms with Crippen molar-refractivity contribution in [2.45, 2.75) is 6.61 Å². The van der Waals surface area contributed by atoms with Gasteiger partial charge in [-0.15, -0.1) is 0 Å². The standard InChI is InChI=1S/C24H15ClINO5S/c25-17-2-1-3-18(12-17)27-22(28)21(33-24(27)31)11-15-6-9-20(19(26)10-15)32-13-14-4-7-16(8-5-14)23(29)30/h1-12H,13H2,(H,29,30)/b21-11+. The first kappa shape index (κ1) is 23.3. The lowest BCUT2D eigenvalue weighted by Crippen LogP contribution is -2.27. The Balaban J connectivity index is 1.47. The van der Waals surface area contributed by atoms with Crippen LogP contribution < -0.4 is 9.64 Å². The number of ether oxygens (including phenoxy) is 1. The van der Waals surface area contributed by atoms with Crippen LogP contribution >= 0.6 is 46.0 Å². The molecule has 0 saturated carbocycles. The minimum Gasteiger partial charge on any atom is -0.488 e. The number of imide groups is 1. The molecule has 1 N–H and O–H groups in total. The molecule has 0 aliphatic carbocycles. The van der Waals surface area contributed by atoms with Crippen molar-refractivity contribution in [2.75, 3.05) is 4.90 Å². The van der Waals surface area contributed by atoms with Crippen molar-refractivity contribution >= 4 is 74.8 Å². The molecule has 0 aromatic heterocycles. The number of carboxylic acid groups (broad SMARTS) is 1. The number of anilines is 1. The third-order valence-corrected chi connectivity index (χ3v) is 6.66. The van der Waals surface area contributed by atoms with E-state index in [1.54, 1.807) is 54.6 Å². The number of carboxylic acids is 1. The fourth-order valence-corrected chi connectivity index (χ4v) is 4.81. The molecule has 0 bridgehead atoms. The summed E-state index contributed by atoms with van der Waals surface area (Å²) in [5, 5.41) is 9.04. The van der Waals surface area contributed by atoms with Crippen molar-refractivity contribution in [2.24, 2.45) is 0 Å². The van der Waals surface area contributed by atoms with Crippen molar-refractivity contribution in [1.82, 2.24) is 0 Å². The van der Waals surface area contributed by atoms with Gasteiger partial charge in [0, 0.05) is 5.02 Å². The lowest BCUT2D eigenvalue weighted by molar-refractivity contribution is -0.113. The van der Waals surface area contributed by atoms with Crippen molar-refractivity contribution in [1.29, 1.82) is 0 Å². The first-order valence-electron chi connectivity index (χ1n) is 9.60. The van der Waals surface area contributed by atoms with Gasteiger partial charge in [0.25, 0.3) is 11.1 Å². The Kier molecular flexibility index (Phi) is 7.06. The summed E-state index contributed by atoms with van der Waals surface area (Å²) in [6.45, 7) is 0.285. The summed E-state index contributed by atoms with van der Waals surface area (Å²) in [4.78, 5) is 37.6. The molecule has 1 saturated heterocycles. The zero-order chi connectivity index (χ0) is 23.5. The highest BCUT2D eigenvalue weighted by atomic mass is 127. The van der Waals surface area contributed by atoms with Gasteiger partial charge in [-0.2, -0.15) is 0 Å². The third kappa shape index (κ3) is 5.40. The number of thioether (sulfide) groups is 1. The number of rotatable bonds is 6. The van der Waals surface area contributed by atoms with Gasteiger partial charge in [0.1, 0.15) is 12.4 Å². The van der Waals surface area contributed by atoms with Crippen molar-refractivity contribution in [3.8, 4) is 5.75 Å². The smallest absolute Gasteiger partial charge is 0.335 e. The molecular weight excluding hydrogens is 577 g/mol. The van der Waals surface area contributed by atoms with E-state index in [9.17, 15) is 14.4 Å². The highest BCUT2D eigenvalue weighted by Crippen LogP contribution is 2.37. The topological polar surface area (TPSA) is 83.9 Å². The molecule has 3 aromatic carbocycles. The molecule has 33 heavy (non-hydrogen) atoms. The fraction of sp³-hybridized carbons (Fsp3) is 0.0417. The van der Waals surface area contributed by atoms with Gasteiger partial charge in [-0.25, -0.2) is 9.69 Å². The minimum atomic E-state index is -0.974. The Morgan fingerprint density at radius 2 is 1.85 bits per heavy atom. The fourth-order valence-electron chi connectivity index (χ4n) is 3.09. The van der Waals surface area contributed by atoms with Gasteiger partial charge in [-0.1, -0.05) is 35.9 Å². The summed E-state index contributed by atoms with van der Waals surface area (Å²) >= 11 is 9.01. The SMILES string of the molecule is O=C(O)c1ccc(COc2ccc(/C=C3/SC(=O)N(c4cccc(Cl)c4)C3=O)cc2I)cc1. The molecule has 0 unspecified atom stereocenters. The van der Waals surface area contributed by atoms with Crippen LogP contribution in [0.5, 0.6) is 5.75 Å². The van der Waals surface area contributed by atoms with Crippen LogP contribution in [-0.4, -0.2) is 22.2 Å². The molecule has 4 rings (SSSR count). The summed E-state index contributed by atoms with van der Waals surface area (Å²) in [6, 6.07) is 18.5. The van der Waals surface area contributed by atoms with Crippen LogP contribution in [0.15, 0.2) is 71.6 Å². The normalized spacial score (nSPS) is 14.7. The van der Waals surface area contributed by atoms with Crippen LogP contribution in [-0.2, 0) is 11.4 Å². The van der Waals surface area contributed by atoms with Gasteiger partial charge < -0.3 is 9.84 Å². The minimum absolute atomic E-state index is 0.220. The van der Waals surface area contributed by atoms with E-state index >= 15 is 0 Å². The van der Waals surface area contributed by atoms with Gasteiger partial charge in [-0.05, 0) is 94.0 Å². The van der Waals surface area contributed by atoms with Crippen LogP contribution in [0.1, 0.15) is 21.5 Å². The molecular formula is C24H15ClINO5S. The summed E-state index contributed by atoms with van der Waals surface area (Å²) in [5.41, 5.74) is 2.25. The molecule has 1 heterocycles. The second-order valence-electron chi connectivity index (χ2n) is 6.98. The lowest BCUT2D eigenvalue weighted by atomic mass is 10.1. The maximum absolute atomic E-state index is 12.8. The van der Waals surface area contributed by atoms with E-state index in [-0.39, 0.29) is 17.4 Å². The van der Waals surface area contributed by atoms with E-state index in [0.717, 1.165) is 31.4 Å². The van der Waals surface area contributed by atoms with Crippen LogP contribution in [0.3, 0.4) is 0 Å². The first-order chi connectivity index (χ1) is 15.8. The Morgan fingerprint density at radius 3 is 2.52 bits per heavy atom. The predicted octanol–water partition coefficient (Wildman–Crippen LogP) is 6.46. The van der Waals surface area contributed by atoms with E-state index in [0.29, 0.717) is 21.4 Å². The number of halogens is 2. The second-order valence-corrected chi connectivity index (χ2v) is 9.57. The average molecular weight is 592 g/mol. The van der Waals surface area contributed by atoms with Gasteiger partial charge in [0.2, 0.25) is 0 Å². The average Bonchev–Trinajstić information content (AvgIpc) is 3.06. The number of hydrogen-bond acceptors (Lipinski definition) is 5. The van der Waals surface area contributed by atoms with E-state index < -0.39 is 11.9 Å². The van der Waals surface area contributed by atoms with Crippen molar-refractivity contribution in [3.05, 3.63) is 96.9 Å². The van der Waals surface area contributed by atoms with Crippen molar-refractivity contribution in [3.63, 3.8) is 0 Å². The first-order valence-corrected chi connectivity index (χ1v) is 11.9. The van der Waals surface area contributed by atoms with Crippen molar-refractivity contribution < 1.29 is 24.2 Å². The maximum Gasteiger partial charge on any atom is 0.335 e. The quantitative estimate of drug-likeness (QED) is 0.262. The molecule has 1 fully saturated rings. The molecule has 1 aliphatic heterocycles. The molecule has 3 aromatic rings. The Labute approximate surface area is 212 Å². The number of carbonyl (C=O) groups excluding carboxylic acids is 2. The highest BCUT2D eigenvalue weighted by molar-refractivity contribution is 14.1. The van der Waals surface area contributed by atoms with Crippen LogP contribution in [0.25, 0.3) is 6.08 Å². The molecule has 0 spiro atoms. The van der Waals surface area contributed by atoms with E-state index in [1.165, 1.54) is 12.1 Å². The van der Waals surface area contributed by atoms with E-state index in [1.807, 2.05) is 6.07 Å². The Bertz CT molecular complexity index is 1290. The number of carbonyl (C=O) groups is 3. The molecule has 0 atom stereocenters. The van der Waals surface area contributed by atoms with Crippen LogP contribution in [0.2, 0.25) is 5.02 Å². The van der Waals surface area contributed by atoms with Gasteiger partial charge >= 0.3 is 5.97 Å². The van der Waals surface area contributed by atoms with Gasteiger partial charge in [-0.3, -0.25) is 9.59 Å². The van der Waals surface area contributed by atoms with Gasteiger partial charge in [0.15, 0.2) is 0 Å². The van der Waals surface area contributed by atoms with Crippen LogP contribution in [0.4, 0.5) is 10.5 Å². The zero-order valence-electron chi connectivity index (χ0n) is 16.8. The van der Waals surface area contributed by atoms with E-state index in [4.69, 9.17) is 21.4 Å². The summed E-state index contributed by atoms with van der Waals surface area (Å²) in [5.74, 6) is -0.715. The lowest BCUT2D eigenvalue weighted by Gasteiger charge is -2.12. The number of benzene rings is 3. The van der Waals surface area contributed by atoms with E-state index in [2.05, 4.69) is 22.6 Å². The predicted molar refractivity (Wildman–Crippen MR) is 137 cm³/mol. The summed E-state index contributed by atoms with van der Waals surface area (Å²) in [7, 11) is 0. The number of nitrogens with zero attached hydrogens (tertiary/aromatic N) is 1. The molecule has 0 radical (unpaired) electrons. The zero-order valence-corrected chi connectivity index (χ0v) is 20.6. The molecule has 2 amide bonds. The number of amides is 2. The largest absolute Gasteiger partial charge is 0.488 e. The van der Waals surface area contributed by atoms with Crippen LogP contribution in [0, 0.1) is 3.57 Å². The monoisotopic (exact) mass is 591 g/mol. The molecule has 166 valence electrons. The Morgan fingerprint density at radius 1 is 1.09 bits per heavy atom. The highest BCUT2D eigenvalue weighted by Gasteiger charge is 2.36.